The number of para-hydroxylation sites is 1. The van der Waals surface area contributed by atoms with Gasteiger partial charge in [-0.05, 0) is 36.2 Å². The maximum Gasteiger partial charge on any atom is 0.387 e. The van der Waals surface area contributed by atoms with E-state index in [-0.39, 0.29) is 29.4 Å². The molecule has 0 aliphatic rings. The summed E-state index contributed by atoms with van der Waals surface area (Å²) < 4.78 is 48.0. The Hall–Kier alpha value is -2.70. The molecule has 0 spiro atoms. The van der Waals surface area contributed by atoms with Crippen LogP contribution in [0.25, 0.3) is 0 Å². The molecule has 24 heavy (non-hydrogen) atoms. The van der Waals surface area contributed by atoms with Crippen LogP contribution in [0.4, 0.5) is 13.2 Å². The molecule has 4 nitrogen and oxygen atoms in total. The summed E-state index contributed by atoms with van der Waals surface area (Å²) in [5.41, 5.74) is 0.943. The monoisotopic (exact) mass is 339 g/mol. The lowest BCUT2D eigenvalue weighted by Crippen LogP contribution is -2.24. The van der Waals surface area contributed by atoms with Crippen molar-refractivity contribution in [1.82, 2.24) is 5.32 Å². The second-order valence-electron chi connectivity index (χ2n) is 4.98. The lowest BCUT2D eigenvalue weighted by molar-refractivity contribution is -0.0515. The highest BCUT2D eigenvalue weighted by atomic mass is 19.3. The van der Waals surface area contributed by atoms with Crippen LogP contribution in [0, 0.1) is 12.7 Å². The van der Waals surface area contributed by atoms with E-state index in [2.05, 4.69) is 10.1 Å². The number of hydrogen-bond acceptors (Lipinski definition) is 3. The molecule has 0 aliphatic carbocycles. The third-order valence-electron chi connectivity index (χ3n) is 3.34. The molecule has 2 aromatic carbocycles. The van der Waals surface area contributed by atoms with Crippen LogP contribution in [-0.2, 0) is 6.54 Å². The Balaban J connectivity index is 2.18. The fourth-order valence-electron chi connectivity index (χ4n) is 2.09. The number of amides is 1. The summed E-state index contributed by atoms with van der Waals surface area (Å²) >= 11 is 0. The zero-order valence-corrected chi connectivity index (χ0v) is 13.1. The number of nitrogens with one attached hydrogen (secondary N) is 1. The lowest BCUT2D eigenvalue weighted by Gasteiger charge is -2.14. The average molecular weight is 339 g/mol. The fraction of sp³-hybridized carbons (Fsp3) is 0.235. The molecule has 1 amide bonds. The first-order valence-corrected chi connectivity index (χ1v) is 7.07. The van der Waals surface area contributed by atoms with Crippen LogP contribution in [-0.4, -0.2) is 19.6 Å². The van der Waals surface area contributed by atoms with Crippen LogP contribution < -0.4 is 14.8 Å². The molecule has 1 N–H and O–H groups in total. The molecule has 128 valence electrons. The van der Waals surface area contributed by atoms with Crippen molar-refractivity contribution in [3.63, 3.8) is 0 Å². The van der Waals surface area contributed by atoms with Gasteiger partial charge in [0.1, 0.15) is 5.82 Å². The third-order valence-corrected chi connectivity index (χ3v) is 3.34. The largest absolute Gasteiger partial charge is 0.493 e. The number of benzene rings is 2. The number of rotatable bonds is 6. The minimum absolute atomic E-state index is 0.0179. The molecule has 0 heterocycles. The highest BCUT2D eigenvalue weighted by molar-refractivity contribution is 5.97. The summed E-state index contributed by atoms with van der Waals surface area (Å²) in [6, 6.07) is 8.79. The minimum Gasteiger partial charge on any atom is -0.493 e. The molecule has 0 saturated carbocycles. The van der Waals surface area contributed by atoms with Gasteiger partial charge in [-0.1, -0.05) is 18.2 Å². The van der Waals surface area contributed by atoms with E-state index in [1.165, 1.54) is 31.4 Å². The average Bonchev–Trinajstić information content (AvgIpc) is 2.55. The first-order chi connectivity index (χ1) is 11.4. The van der Waals surface area contributed by atoms with E-state index in [0.717, 1.165) is 0 Å². The molecular weight excluding hydrogens is 323 g/mol. The predicted octanol–water partition coefficient (Wildman–Crippen LogP) is 3.67. The molecule has 7 heteroatoms. The number of alkyl halides is 2. The zero-order chi connectivity index (χ0) is 17.7. The number of hydrogen-bond donors (Lipinski definition) is 1. The normalized spacial score (nSPS) is 10.6. The summed E-state index contributed by atoms with van der Waals surface area (Å²) in [5.74, 6) is -1.35. The van der Waals surface area contributed by atoms with Gasteiger partial charge in [0.15, 0.2) is 11.5 Å². The maximum atomic E-state index is 13.5. The van der Waals surface area contributed by atoms with Gasteiger partial charge >= 0.3 is 6.61 Å². The molecule has 2 rings (SSSR count). The second kappa shape index (κ2) is 7.72. The summed E-state index contributed by atoms with van der Waals surface area (Å²) in [6.07, 6.45) is 0. The first kappa shape index (κ1) is 17.7. The summed E-state index contributed by atoms with van der Waals surface area (Å²) in [5, 5.41) is 2.54. The van der Waals surface area contributed by atoms with Gasteiger partial charge in [0.25, 0.3) is 5.91 Å². The van der Waals surface area contributed by atoms with Gasteiger partial charge in [0.2, 0.25) is 0 Å². The fourth-order valence-corrected chi connectivity index (χ4v) is 2.09. The van der Waals surface area contributed by atoms with E-state index in [0.29, 0.717) is 11.1 Å². The molecule has 0 radical (unpaired) electrons. The number of ether oxygens (including phenoxy) is 2. The van der Waals surface area contributed by atoms with Crippen molar-refractivity contribution in [2.45, 2.75) is 20.1 Å². The van der Waals surface area contributed by atoms with Crippen LogP contribution in [0.3, 0.4) is 0 Å². The number of methoxy groups -OCH3 is 1. The Bertz CT molecular complexity index is 735. The van der Waals surface area contributed by atoms with Crippen LogP contribution >= 0.6 is 0 Å². The molecule has 0 aromatic heterocycles. The van der Waals surface area contributed by atoms with E-state index in [9.17, 15) is 18.0 Å². The summed E-state index contributed by atoms with van der Waals surface area (Å²) in [4.78, 5) is 12.3. The molecule has 0 aliphatic heterocycles. The Kier molecular flexibility index (Phi) is 5.68. The molecular formula is C17H16F3NO3. The van der Waals surface area contributed by atoms with Crippen molar-refractivity contribution in [2.24, 2.45) is 0 Å². The van der Waals surface area contributed by atoms with Crippen LogP contribution in [0.5, 0.6) is 11.5 Å². The van der Waals surface area contributed by atoms with Crippen molar-refractivity contribution >= 4 is 5.91 Å². The molecule has 0 fully saturated rings. The SMILES string of the molecule is COc1cccc(C(=O)NCc2ccc(C)c(F)c2)c1OC(F)F. The van der Waals surface area contributed by atoms with Gasteiger partial charge in [-0.15, -0.1) is 0 Å². The molecule has 0 bridgehead atoms. The van der Waals surface area contributed by atoms with Crippen LogP contribution in [0.15, 0.2) is 36.4 Å². The zero-order valence-electron chi connectivity index (χ0n) is 13.1. The standard InChI is InChI=1S/C17H16F3NO3/c1-10-6-7-11(8-13(10)18)9-21-16(22)12-4-3-5-14(23-2)15(12)24-17(19)20/h3-8,17H,9H2,1-2H3,(H,21,22). The van der Waals surface area contributed by atoms with E-state index in [1.807, 2.05) is 0 Å². The molecule has 0 saturated heterocycles. The van der Waals surface area contributed by atoms with Crippen molar-refractivity contribution in [3.8, 4) is 11.5 Å². The summed E-state index contributed by atoms with van der Waals surface area (Å²) in [6.45, 7) is -1.43. The highest BCUT2D eigenvalue weighted by Gasteiger charge is 2.20. The van der Waals surface area contributed by atoms with Gasteiger partial charge in [-0.3, -0.25) is 4.79 Å². The Labute approximate surface area is 137 Å². The summed E-state index contributed by atoms with van der Waals surface area (Å²) in [7, 11) is 1.28. The predicted molar refractivity (Wildman–Crippen MR) is 81.9 cm³/mol. The highest BCUT2D eigenvalue weighted by Crippen LogP contribution is 2.32. The molecule has 0 atom stereocenters. The Morgan fingerprint density at radius 1 is 1.25 bits per heavy atom. The molecule has 0 unspecified atom stereocenters. The number of halogens is 3. The van der Waals surface area contributed by atoms with Gasteiger partial charge < -0.3 is 14.8 Å². The lowest BCUT2D eigenvalue weighted by atomic mass is 10.1. The van der Waals surface area contributed by atoms with Crippen molar-refractivity contribution in [3.05, 3.63) is 58.9 Å². The number of carbonyl (C=O) groups excluding carboxylic acids is 1. The van der Waals surface area contributed by atoms with Crippen LogP contribution in [0.2, 0.25) is 0 Å². The minimum atomic E-state index is -3.10. The Morgan fingerprint density at radius 3 is 2.62 bits per heavy atom. The van der Waals surface area contributed by atoms with Crippen molar-refractivity contribution in [1.29, 1.82) is 0 Å². The topological polar surface area (TPSA) is 47.6 Å². The maximum absolute atomic E-state index is 13.5. The van der Waals surface area contributed by atoms with Gasteiger partial charge in [-0.2, -0.15) is 8.78 Å². The van der Waals surface area contributed by atoms with Crippen molar-refractivity contribution < 1.29 is 27.4 Å². The van der Waals surface area contributed by atoms with E-state index < -0.39 is 12.5 Å². The first-order valence-electron chi connectivity index (χ1n) is 7.07. The second-order valence-corrected chi connectivity index (χ2v) is 4.98. The van der Waals surface area contributed by atoms with Gasteiger partial charge in [0, 0.05) is 6.54 Å². The van der Waals surface area contributed by atoms with Crippen molar-refractivity contribution in [2.75, 3.05) is 7.11 Å². The smallest absolute Gasteiger partial charge is 0.387 e. The molecule has 2 aromatic rings. The van der Waals surface area contributed by atoms with E-state index in [1.54, 1.807) is 19.1 Å². The van der Waals surface area contributed by atoms with Gasteiger partial charge in [0.05, 0.1) is 12.7 Å². The van der Waals surface area contributed by atoms with E-state index >= 15 is 0 Å². The van der Waals surface area contributed by atoms with E-state index in [4.69, 9.17) is 4.74 Å². The number of carbonyl (C=O) groups is 1. The number of aryl methyl sites for hydroxylation is 1. The Morgan fingerprint density at radius 2 is 2.00 bits per heavy atom. The van der Waals surface area contributed by atoms with Gasteiger partial charge in [-0.25, -0.2) is 4.39 Å². The quantitative estimate of drug-likeness (QED) is 0.873. The third kappa shape index (κ3) is 4.18. The van der Waals surface area contributed by atoms with Crippen LogP contribution in [0.1, 0.15) is 21.5 Å².